The van der Waals surface area contributed by atoms with Gasteiger partial charge in [-0.25, -0.2) is 4.68 Å². The fraction of sp³-hybridized carbons (Fsp3) is 0.292. The summed E-state index contributed by atoms with van der Waals surface area (Å²) in [6, 6.07) is 11.9. The number of alkyl halides is 3. The second-order valence-electron chi connectivity index (χ2n) is 8.54. The monoisotopic (exact) mass is 502 g/mol. The standard InChI is InChI=1S/C24H25F3N6OS/c1-13-8-9-16(10-15(13)3)18-11-20(24(25,26)27)33-21(28-18)12-19(32-33)22(34)30-31-23(35)29-17-7-5-4-6-14(17)2/h4-10,12,18,20,28H,11H2,1-3H3,(H,30,34)(H2,29,31,35). The van der Waals surface area contributed by atoms with Gasteiger partial charge < -0.3 is 10.6 Å². The lowest BCUT2D eigenvalue weighted by atomic mass is 9.94. The third-order valence-electron chi connectivity index (χ3n) is 6.04. The third-order valence-corrected chi connectivity index (χ3v) is 6.24. The largest absolute Gasteiger partial charge is 0.410 e. The molecule has 2 atom stereocenters. The van der Waals surface area contributed by atoms with Gasteiger partial charge in [-0.05, 0) is 61.3 Å². The van der Waals surface area contributed by atoms with Crippen LogP contribution in [-0.4, -0.2) is 27.0 Å². The summed E-state index contributed by atoms with van der Waals surface area (Å²) in [6.07, 6.45) is -4.78. The molecule has 0 saturated heterocycles. The van der Waals surface area contributed by atoms with Crippen LogP contribution in [0.4, 0.5) is 24.7 Å². The Kier molecular flexibility index (Phi) is 6.70. The van der Waals surface area contributed by atoms with Crippen molar-refractivity contribution in [3.05, 3.63) is 76.5 Å². The summed E-state index contributed by atoms with van der Waals surface area (Å²) < 4.78 is 42.6. The minimum atomic E-state index is -4.54. The van der Waals surface area contributed by atoms with Crippen LogP contribution in [0.1, 0.15) is 51.2 Å². The van der Waals surface area contributed by atoms with E-state index in [-0.39, 0.29) is 23.0 Å². The molecule has 0 aliphatic carbocycles. The van der Waals surface area contributed by atoms with Gasteiger partial charge in [0.05, 0.1) is 6.04 Å². The molecule has 4 N–H and O–H groups in total. The first kappa shape index (κ1) is 24.5. The summed E-state index contributed by atoms with van der Waals surface area (Å²) in [5, 5.41) is 10.1. The quantitative estimate of drug-likeness (QED) is 0.295. The Morgan fingerprint density at radius 2 is 1.80 bits per heavy atom. The van der Waals surface area contributed by atoms with Gasteiger partial charge in [-0.2, -0.15) is 18.3 Å². The predicted molar refractivity (Wildman–Crippen MR) is 132 cm³/mol. The van der Waals surface area contributed by atoms with E-state index in [0.717, 1.165) is 32.6 Å². The molecule has 0 spiro atoms. The van der Waals surface area contributed by atoms with Crippen molar-refractivity contribution in [2.75, 3.05) is 10.6 Å². The smallest absolute Gasteiger partial charge is 0.363 e. The molecule has 2 heterocycles. The Morgan fingerprint density at radius 1 is 1.06 bits per heavy atom. The number of amides is 1. The van der Waals surface area contributed by atoms with Gasteiger partial charge in [-0.3, -0.25) is 15.6 Å². The highest BCUT2D eigenvalue weighted by atomic mass is 32.1. The van der Waals surface area contributed by atoms with E-state index in [1.54, 1.807) is 0 Å². The van der Waals surface area contributed by atoms with Gasteiger partial charge in [-0.15, -0.1) is 0 Å². The van der Waals surface area contributed by atoms with Gasteiger partial charge in [0.2, 0.25) is 0 Å². The number of aryl methyl sites for hydroxylation is 3. The van der Waals surface area contributed by atoms with Crippen LogP contribution in [-0.2, 0) is 0 Å². The SMILES string of the molecule is Cc1ccc(C2CC(C(F)(F)F)n3nc(C(=O)NNC(=S)Nc4ccccc4C)cc3N2)cc1C. The van der Waals surface area contributed by atoms with E-state index in [4.69, 9.17) is 12.2 Å². The van der Waals surface area contributed by atoms with Crippen LogP contribution in [0.15, 0.2) is 48.5 Å². The zero-order valence-corrected chi connectivity index (χ0v) is 20.1. The number of halogens is 3. The molecule has 184 valence electrons. The van der Waals surface area contributed by atoms with Crippen LogP contribution < -0.4 is 21.5 Å². The molecular weight excluding hydrogens is 477 g/mol. The Morgan fingerprint density at radius 3 is 2.49 bits per heavy atom. The maximum atomic E-state index is 13.9. The molecule has 2 unspecified atom stereocenters. The molecule has 2 aromatic carbocycles. The van der Waals surface area contributed by atoms with Gasteiger partial charge in [0.25, 0.3) is 5.91 Å². The van der Waals surface area contributed by atoms with Gasteiger partial charge in [-0.1, -0.05) is 36.4 Å². The van der Waals surface area contributed by atoms with Crippen molar-refractivity contribution in [2.45, 2.75) is 45.5 Å². The van der Waals surface area contributed by atoms with Gasteiger partial charge >= 0.3 is 6.18 Å². The minimum Gasteiger partial charge on any atom is -0.363 e. The number of aromatic nitrogens is 2. The molecule has 1 aliphatic rings. The lowest BCUT2D eigenvalue weighted by molar-refractivity contribution is -0.173. The number of benzene rings is 2. The third kappa shape index (κ3) is 5.40. The Hall–Kier alpha value is -3.60. The van der Waals surface area contributed by atoms with Gasteiger partial charge in [0.1, 0.15) is 5.82 Å². The molecule has 0 bridgehead atoms. The molecule has 35 heavy (non-hydrogen) atoms. The highest BCUT2D eigenvalue weighted by molar-refractivity contribution is 7.80. The van der Waals surface area contributed by atoms with Gasteiger partial charge in [0, 0.05) is 18.2 Å². The van der Waals surface area contributed by atoms with Crippen molar-refractivity contribution in [3.63, 3.8) is 0 Å². The molecule has 0 radical (unpaired) electrons. The predicted octanol–water partition coefficient (Wildman–Crippen LogP) is 5.10. The summed E-state index contributed by atoms with van der Waals surface area (Å²) in [5.41, 5.74) is 9.27. The maximum Gasteiger partial charge on any atom is 0.410 e. The average molecular weight is 503 g/mol. The first-order valence-electron chi connectivity index (χ1n) is 11.0. The summed E-state index contributed by atoms with van der Waals surface area (Å²) >= 11 is 5.18. The number of thiocarbonyl (C=S) groups is 1. The van der Waals surface area contributed by atoms with Crippen molar-refractivity contribution < 1.29 is 18.0 Å². The van der Waals surface area contributed by atoms with E-state index < -0.39 is 24.2 Å². The topological polar surface area (TPSA) is 83.0 Å². The van der Waals surface area contributed by atoms with Crippen LogP contribution in [0.5, 0.6) is 0 Å². The molecule has 1 aromatic heterocycles. The number of carbonyl (C=O) groups is 1. The summed E-state index contributed by atoms with van der Waals surface area (Å²) in [7, 11) is 0. The highest BCUT2D eigenvalue weighted by Gasteiger charge is 2.46. The summed E-state index contributed by atoms with van der Waals surface area (Å²) in [6.45, 7) is 5.76. The van der Waals surface area contributed by atoms with Crippen molar-refractivity contribution in [2.24, 2.45) is 0 Å². The average Bonchev–Trinajstić information content (AvgIpc) is 3.24. The van der Waals surface area contributed by atoms with E-state index in [2.05, 4.69) is 26.6 Å². The zero-order chi connectivity index (χ0) is 25.3. The molecule has 4 rings (SSSR count). The molecule has 0 fully saturated rings. The minimum absolute atomic E-state index is 0.118. The summed E-state index contributed by atoms with van der Waals surface area (Å²) in [5.74, 6) is -0.598. The first-order chi connectivity index (χ1) is 16.5. The van der Waals surface area contributed by atoms with Crippen LogP contribution in [0.2, 0.25) is 0 Å². The molecule has 11 heteroatoms. The number of nitrogens with one attached hydrogen (secondary N) is 4. The Bertz CT molecular complexity index is 1270. The Balaban J connectivity index is 1.50. The van der Waals surface area contributed by atoms with E-state index in [1.807, 2.05) is 63.2 Å². The molecule has 3 aromatic rings. The number of rotatable bonds is 3. The van der Waals surface area contributed by atoms with Crippen molar-refractivity contribution in [1.82, 2.24) is 20.6 Å². The molecule has 7 nitrogen and oxygen atoms in total. The lowest BCUT2D eigenvalue weighted by Crippen LogP contribution is -2.44. The number of hydrogen-bond donors (Lipinski definition) is 4. The number of para-hydroxylation sites is 1. The molecule has 1 amide bonds. The fourth-order valence-corrected chi connectivity index (χ4v) is 4.09. The number of nitrogens with zero attached hydrogens (tertiary/aromatic N) is 2. The Labute approximate surface area is 206 Å². The molecular formula is C24H25F3N6OS. The van der Waals surface area contributed by atoms with Crippen LogP contribution in [0.25, 0.3) is 0 Å². The zero-order valence-electron chi connectivity index (χ0n) is 19.3. The van der Waals surface area contributed by atoms with Crippen molar-refractivity contribution in [1.29, 1.82) is 0 Å². The second-order valence-corrected chi connectivity index (χ2v) is 8.95. The maximum absolute atomic E-state index is 13.9. The lowest BCUT2D eigenvalue weighted by Gasteiger charge is -2.33. The normalized spacial score (nSPS) is 17.2. The van der Waals surface area contributed by atoms with Gasteiger partial charge in [0.15, 0.2) is 16.8 Å². The van der Waals surface area contributed by atoms with Crippen LogP contribution in [0.3, 0.4) is 0 Å². The first-order valence-corrected chi connectivity index (χ1v) is 11.4. The van der Waals surface area contributed by atoms with Crippen molar-refractivity contribution >= 4 is 34.7 Å². The number of anilines is 2. The van der Waals surface area contributed by atoms with E-state index >= 15 is 0 Å². The fourth-order valence-electron chi connectivity index (χ4n) is 3.93. The molecule has 0 saturated carbocycles. The van der Waals surface area contributed by atoms with Crippen LogP contribution >= 0.6 is 12.2 Å². The van der Waals surface area contributed by atoms with Crippen LogP contribution in [0, 0.1) is 20.8 Å². The van der Waals surface area contributed by atoms with E-state index in [9.17, 15) is 18.0 Å². The summed E-state index contributed by atoms with van der Waals surface area (Å²) in [4.78, 5) is 12.6. The molecule has 1 aliphatic heterocycles. The number of hydrazine groups is 1. The van der Waals surface area contributed by atoms with Crippen molar-refractivity contribution in [3.8, 4) is 0 Å². The highest BCUT2D eigenvalue weighted by Crippen LogP contribution is 2.43. The number of fused-ring (bicyclic) bond motifs is 1. The second kappa shape index (κ2) is 9.57. The van der Waals surface area contributed by atoms with E-state index in [0.29, 0.717) is 0 Å². The number of carbonyl (C=O) groups excluding carboxylic acids is 1. The number of hydrogen-bond acceptors (Lipinski definition) is 4. The van der Waals surface area contributed by atoms with E-state index in [1.165, 1.54) is 6.07 Å².